The number of pyridine rings is 16. The summed E-state index contributed by atoms with van der Waals surface area (Å²) in [6.45, 7) is 10.00. The fourth-order valence-corrected chi connectivity index (χ4v) is 9.25. The Morgan fingerprint density at radius 1 is 0.182 bits per heavy atom. The van der Waals surface area contributed by atoms with Crippen LogP contribution >= 0.6 is 0 Å². The zero-order valence-corrected chi connectivity index (χ0v) is 84.4. The van der Waals surface area contributed by atoms with Crippen LogP contribution in [0.5, 0.6) is 23.0 Å². The Morgan fingerprint density at radius 3 is 0.432 bits per heavy atom. The molecule has 132 heavy (non-hydrogen) atoms. The van der Waals surface area contributed by atoms with E-state index in [-0.39, 0.29) is 134 Å². The van der Waals surface area contributed by atoms with Crippen molar-refractivity contribution in [3.05, 3.63) is 409 Å². The molecule has 0 fully saturated rings. The molecule has 16 heterocycles. The number of hydrogen-bond donors (Lipinski definition) is 0. The summed E-state index contributed by atoms with van der Waals surface area (Å²) in [7, 11) is 6.45. The molecule has 0 aliphatic heterocycles. The molecule has 0 aliphatic rings. The molecule has 4 radical (unpaired) electrons. The largest absolute Gasteiger partial charge is 0.679 e. The van der Waals surface area contributed by atoms with Crippen molar-refractivity contribution in [3.63, 3.8) is 0 Å². The first-order valence-electron chi connectivity index (χ1n) is 39.3. The topological polar surface area (TPSA) is 434 Å². The Balaban J connectivity index is 0.000000734. The zero-order valence-electron chi connectivity index (χ0n) is 73.5. The molecule has 0 aliphatic carbocycles. The van der Waals surface area contributed by atoms with Crippen LogP contribution in [-0.2, 0) is 81.7 Å². The van der Waals surface area contributed by atoms with E-state index in [9.17, 15) is 17.6 Å². The molecular weight excluding hydrogens is 2370 g/mol. The summed E-state index contributed by atoms with van der Waals surface area (Å²) in [5.41, 5.74) is 67.5. The van der Waals surface area contributed by atoms with E-state index in [1.165, 1.54) is 70.8 Å². The van der Waals surface area contributed by atoms with E-state index in [0.29, 0.717) is 22.8 Å². The van der Waals surface area contributed by atoms with Crippen LogP contribution in [0.4, 0.5) is 17.6 Å². The summed E-state index contributed by atoms with van der Waals surface area (Å²) >= 11 is 0. The summed E-state index contributed by atoms with van der Waals surface area (Å²) in [6, 6.07) is 65.4. The second kappa shape index (κ2) is 71.4. The Morgan fingerprint density at radius 2 is 0.326 bits per heavy atom. The molecule has 0 aromatic carbocycles. The van der Waals surface area contributed by atoms with Gasteiger partial charge in [0, 0.05) is 131 Å². The van der Waals surface area contributed by atoms with Gasteiger partial charge in [0.1, 0.15) is 46.3 Å². The van der Waals surface area contributed by atoms with Crippen LogP contribution in [0.2, 0.25) is 0 Å². The van der Waals surface area contributed by atoms with E-state index in [0.717, 1.165) is 116 Å². The van der Waals surface area contributed by atoms with Gasteiger partial charge >= 0.3 is 0 Å². The first kappa shape index (κ1) is 118. The van der Waals surface area contributed by atoms with Gasteiger partial charge in [-0.2, -0.15) is 52.4 Å². The number of aryl methyl sites for hydroxylation is 4. The van der Waals surface area contributed by atoms with Crippen molar-refractivity contribution < 1.29 is 118 Å². The summed E-state index contributed by atoms with van der Waals surface area (Å²) in [5.74, 6) is 1.31. The molecule has 0 spiro atoms. The molecule has 0 unspecified atom stereocenters. The maximum absolute atomic E-state index is 12.5. The van der Waals surface area contributed by atoms with Crippen molar-refractivity contribution in [2.24, 2.45) is 0 Å². The van der Waals surface area contributed by atoms with E-state index in [1.54, 1.807) is 78.0 Å². The molecule has 16 rings (SSSR count). The van der Waals surface area contributed by atoms with Crippen LogP contribution in [0.25, 0.3) is 137 Å². The second-order valence-electron chi connectivity index (χ2n) is 25.5. The Kier molecular flexibility index (Phi) is 63.7. The predicted molar refractivity (Wildman–Crippen MR) is 498 cm³/mol. The standard InChI is InChI=1S/2C12H12N2O2.2C12H12N2.2C10H6F2N2.2C10H8N2.4C2H6N2.4Re/c2*1-15-9-3-5-11(13-7-9)12-6-4-10(16-2)8-14-12;2*1-9-3-5-11(13-7-9)12-6-4-10(2)8-14-12;2*11-7-1-3-9(13-5-7)10-4-2-8(12)6-14-10;2*1-3-7-11-9(5-1)10-6-2-4-8-12-10;4*3-1-2-4;;;;/h2*3-8H,1-2H3;2*3-8H,1-2H3;2*1-6H;2*1-8H;4*3-4H,1-2H2;;;;/q;;;;;;;;4*-2;;;;. The number of rotatable bonds is 16. The van der Waals surface area contributed by atoms with Crippen molar-refractivity contribution in [1.82, 2.24) is 79.7 Å². The molecule has 0 saturated heterocycles. The third-order valence-corrected chi connectivity index (χ3v) is 15.7. The monoisotopic (exact) mass is 2480 g/mol. The molecule has 28 nitrogen and oxygen atoms in total. The van der Waals surface area contributed by atoms with E-state index < -0.39 is 23.3 Å². The molecule has 0 bridgehead atoms. The minimum Gasteiger partial charge on any atom is -0.679 e. The number of nitrogens with one attached hydrogen (secondary N) is 8. The third kappa shape index (κ3) is 47.5. The minimum atomic E-state index is -0.407. The van der Waals surface area contributed by atoms with Gasteiger partial charge in [0.2, 0.25) is 0 Å². The van der Waals surface area contributed by atoms with Crippen molar-refractivity contribution in [2.45, 2.75) is 27.7 Å². The van der Waals surface area contributed by atoms with Crippen molar-refractivity contribution >= 4 is 0 Å². The first-order valence-corrected chi connectivity index (χ1v) is 39.3. The molecule has 0 atom stereocenters. The van der Waals surface area contributed by atoms with Crippen LogP contribution in [0.3, 0.4) is 0 Å². The van der Waals surface area contributed by atoms with Gasteiger partial charge in [0.05, 0.1) is 169 Å². The van der Waals surface area contributed by atoms with Crippen LogP contribution < -0.4 is 18.9 Å². The van der Waals surface area contributed by atoms with Gasteiger partial charge in [-0.15, -0.1) is 0 Å². The maximum Gasteiger partial charge on any atom is 0.141 e. The molecule has 16 aromatic rings. The first-order chi connectivity index (χ1) is 62.3. The Labute approximate surface area is 823 Å². The molecular formula is C96H100F4N24O4Re4-8. The molecule has 16 aromatic heterocycles. The van der Waals surface area contributed by atoms with Crippen LogP contribution in [0, 0.1) is 51.0 Å². The van der Waals surface area contributed by atoms with E-state index >= 15 is 0 Å². The number of ether oxygens (including phenoxy) is 4. The average Bonchev–Trinajstić information content (AvgIpc) is 0.851. The number of methoxy groups -OCH3 is 4. The fourth-order valence-electron chi connectivity index (χ4n) is 9.25. The van der Waals surface area contributed by atoms with Gasteiger partial charge in [-0.05, 0) is 220 Å². The van der Waals surface area contributed by atoms with Crippen LogP contribution in [-0.4, -0.2) is 161 Å². The van der Waals surface area contributed by atoms with E-state index in [2.05, 4.69) is 79.7 Å². The quantitative estimate of drug-likeness (QED) is 0.0811. The Hall–Kier alpha value is -12.4. The zero-order chi connectivity index (χ0) is 92.7. The summed E-state index contributed by atoms with van der Waals surface area (Å²) in [5, 5.41) is 0. The van der Waals surface area contributed by atoms with Gasteiger partial charge < -0.3 is 64.8 Å². The van der Waals surface area contributed by atoms with E-state index in [1.807, 2.05) is 222 Å². The molecule has 692 valence electrons. The van der Waals surface area contributed by atoms with Crippen LogP contribution in [0.1, 0.15) is 22.3 Å². The SMILES string of the molecule is COc1ccc(-c2ccc(OC)cn2)nc1.COc1ccc(-c2ccc(OC)cn2)nc1.Cc1ccc(-c2ccc(C)cn2)nc1.Cc1ccc(-c2ccc(C)cn2)nc1.Fc1ccc(-c2ccc(F)cn2)nc1.Fc1ccc(-c2ccc(F)cn2)nc1.[NH-]CC[NH-].[NH-]CC[NH-].[NH-]CC[NH-].[NH-]CC[NH-].[Re].[Re].[Re].[Re].c1ccc(-c2ccccn2)nc1.c1ccc(-c2ccccn2)nc1. The fraction of sp³-hybridized carbons (Fsp3) is 0.167. The normalized spacial score (nSPS) is 9.36. The van der Waals surface area contributed by atoms with Gasteiger partial charge in [0.25, 0.3) is 0 Å². The molecule has 36 heteroatoms. The van der Waals surface area contributed by atoms with Crippen LogP contribution in [0.15, 0.2) is 318 Å². The third-order valence-electron chi connectivity index (χ3n) is 15.7. The summed E-state index contributed by atoms with van der Waals surface area (Å²) in [6.07, 6.45) is 25.6. The smallest absolute Gasteiger partial charge is 0.141 e. The van der Waals surface area contributed by atoms with Crippen molar-refractivity contribution in [2.75, 3.05) is 80.8 Å². The molecule has 0 saturated carbocycles. The molecule has 0 amide bonds. The van der Waals surface area contributed by atoms with Crippen molar-refractivity contribution in [3.8, 4) is 114 Å². The number of halogens is 4. The average molecular weight is 2470 g/mol. The van der Waals surface area contributed by atoms with Gasteiger partial charge in [0.15, 0.2) is 0 Å². The number of nitrogens with zero attached hydrogens (tertiary/aromatic N) is 16. The molecule has 8 N–H and O–H groups in total. The van der Waals surface area contributed by atoms with Crippen molar-refractivity contribution in [1.29, 1.82) is 0 Å². The van der Waals surface area contributed by atoms with Gasteiger partial charge in [-0.3, -0.25) is 79.7 Å². The summed E-state index contributed by atoms with van der Waals surface area (Å²) in [4.78, 5) is 66.3. The number of aromatic nitrogens is 16. The predicted octanol–water partition coefficient (Wildman–Crippen LogP) is 23.3. The summed E-state index contributed by atoms with van der Waals surface area (Å²) < 4.78 is 70.2. The van der Waals surface area contributed by atoms with Gasteiger partial charge in [-0.25, -0.2) is 17.6 Å². The Bertz CT molecular complexity index is 4650. The number of hydrogen-bond acceptors (Lipinski definition) is 20. The maximum atomic E-state index is 12.5. The second-order valence-corrected chi connectivity index (χ2v) is 25.5. The minimum absolute atomic E-state index is 0. The van der Waals surface area contributed by atoms with Gasteiger partial charge in [-0.1, -0.05) is 48.5 Å². The van der Waals surface area contributed by atoms with E-state index in [4.69, 9.17) is 64.8 Å².